The quantitative estimate of drug-likeness (QED) is 0.422. The van der Waals surface area contributed by atoms with Crippen molar-refractivity contribution >= 4 is 12.2 Å². The van der Waals surface area contributed by atoms with Crippen molar-refractivity contribution in [3.63, 3.8) is 0 Å². The maximum absolute atomic E-state index is 10.8. The highest BCUT2D eigenvalue weighted by Gasteiger charge is 2.26. The van der Waals surface area contributed by atoms with E-state index >= 15 is 0 Å². The summed E-state index contributed by atoms with van der Waals surface area (Å²) in [5, 5.41) is 15.2. The summed E-state index contributed by atoms with van der Waals surface area (Å²) in [6.07, 6.45) is 3.45. The number of nitrogens with one attached hydrogen (secondary N) is 1. The number of benzene rings is 2. The summed E-state index contributed by atoms with van der Waals surface area (Å²) in [5.74, 6) is 0.789. The van der Waals surface area contributed by atoms with Crippen LogP contribution in [-0.4, -0.2) is 21.3 Å². The molecule has 0 saturated heterocycles. The molecule has 0 unspecified atom stereocenters. The van der Waals surface area contributed by atoms with Crippen LogP contribution in [0.25, 0.3) is 11.3 Å². The Balaban J connectivity index is 1.88. The van der Waals surface area contributed by atoms with Gasteiger partial charge in [-0.05, 0) is 34.6 Å². The molecule has 5 heteroatoms. The third kappa shape index (κ3) is 5.03. The molecular weight excluding hydrogens is 372 g/mol. The largest absolute Gasteiger partial charge is 0.507 e. The first kappa shape index (κ1) is 21.5. The minimum Gasteiger partial charge on any atom is -0.507 e. The monoisotopic (exact) mass is 402 g/mol. The molecule has 0 atom stereocenters. The first-order chi connectivity index (χ1) is 14.1. The Morgan fingerprint density at radius 2 is 1.50 bits per heavy atom. The minimum atomic E-state index is -0.186. The molecule has 0 bridgehead atoms. The van der Waals surface area contributed by atoms with Crippen molar-refractivity contribution in [3.8, 4) is 17.0 Å². The van der Waals surface area contributed by atoms with Crippen molar-refractivity contribution in [3.05, 3.63) is 71.4 Å². The van der Waals surface area contributed by atoms with E-state index in [4.69, 9.17) is 0 Å². The summed E-state index contributed by atoms with van der Waals surface area (Å²) in [6, 6.07) is 15.8. The number of phenols is 1. The summed E-state index contributed by atoms with van der Waals surface area (Å²) in [7, 11) is 0. The summed E-state index contributed by atoms with van der Waals surface area (Å²) >= 11 is 0. The van der Waals surface area contributed by atoms with Crippen LogP contribution in [0, 0.1) is 0 Å². The van der Waals surface area contributed by atoms with Crippen LogP contribution >= 0.6 is 0 Å². The summed E-state index contributed by atoms with van der Waals surface area (Å²) in [4.78, 5) is 8.77. The molecule has 3 rings (SSSR count). The number of anilines is 1. The van der Waals surface area contributed by atoms with Gasteiger partial charge in [-0.1, -0.05) is 71.9 Å². The third-order valence-electron chi connectivity index (χ3n) is 4.85. The predicted molar refractivity (Wildman–Crippen MR) is 124 cm³/mol. The van der Waals surface area contributed by atoms with Gasteiger partial charge in [-0.15, -0.1) is 0 Å². The van der Waals surface area contributed by atoms with Crippen molar-refractivity contribution in [1.29, 1.82) is 0 Å². The SMILES string of the molecule is CC(C)(C)c1cc(/C=N\Nc2nccc(-c3ccccc3)n2)cc(C(C)(C)C)c1O. The fourth-order valence-corrected chi connectivity index (χ4v) is 3.22. The molecule has 2 aromatic carbocycles. The average molecular weight is 403 g/mol. The molecule has 0 radical (unpaired) electrons. The van der Waals surface area contributed by atoms with Gasteiger partial charge in [0.1, 0.15) is 5.75 Å². The van der Waals surface area contributed by atoms with Gasteiger partial charge < -0.3 is 5.11 Å². The zero-order valence-corrected chi connectivity index (χ0v) is 18.6. The molecule has 0 aliphatic heterocycles. The number of aromatic hydroxyl groups is 1. The van der Waals surface area contributed by atoms with Crippen LogP contribution in [0.3, 0.4) is 0 Å². The van der Waals surface area contributed by atoms with Gasteiger partial charge in [0.25, 0.3) is 0 Å². The highest BCUT2D eigenvalue weighted by atomic mass is 16.3. The second kappa shape index (κ2) is 8.27. The van der Waals surface area contributed by atoms with E-state index in [9.17, 15) is 5.11 Å². The molecule has 5 nitrogen and oxygen atoms in total. The zero-order valence-electron chi connectivity index (χ0n) is 18.6. The second-order valence-electron chi connectivity index (χ2n) is 9.47. The fraction of sp³-hybridized carbons (Fsp3) is 0.320. The maximum atomic E-state index is 10.8. The highest BCUT2D eigenvalue weighted by Crippen LogP contribution is 2.39. The summed E-state index contributed by atoms with van der Waals surface area (Å²) in [6.45, 7) is 12.6. The molecule has 0 saturated carbocycles. The Kier molecular flexibility index (Phi) is 5.92. The highest BCUT2D eigenvalue weighted by molar-refractivity contribution is 5.82. The molecule has 0 amide bonds. The zero-order chi connectivity index (χ0) is 21.9. The van der Waals surface area contributed by atoms with E-state index in [1.807, 2.05) is 48.5 Å². The van der Waals surface area contributed by atoms with Gasteiger partial charge in [-0.25, -0.2) is 15.4 Å². The van der Waals surface area contributed by atoms with E-state index in [0.717, 1.165) is 27.9 Å². The Labute approximate surface area is 178 Å². The molecule has 1 aromatic heterocycles. The number of nitrogens with zero attached hydrogens (tertiary/aromatic N) is 3. The number of aromatic nitrogens is 2. The topological polar surface area (TPSA) is 70.4 Å². The lowest BCUT2D eigenvalue weighted by Gasteiger charge is -2.27. The third-order valence-corrected chi connectivity index (χ3v) is 4.85. The smallest absolute Gasteiger partial charge is 0.244 e. The van der Waals surface area contributed by atoms with Crippen LogP contribution in [0.2, 0.25) is 0 Å². The lowest BCUT2D eigenvalue weighted by Crippen LogP contribution is -2.18. The Bertz CT molecular complexity index is 1010. The minimum absolute atomic E-state index is 0.186. The molecule has 0 aliphatic carbocycles. The maximum Gasteiger partial charge on any atom is 0.244 e. The summed E-state index contributed by atoms with van der Waals surface area (Å²) < 4.78 is 0. The molecule has 30 heavy (non-hydrogen) atoms. The van der Waals surface area contributed by atoms with E-state index in [2.05, 4.69) is 62.0 Å². The van der Waals surface area contributed by atoms with Crippen LogP contribution in [0.15, 0.2) is 59.8 Å². The van der Waals surface area contributed by atoms with E-state index in [1.165, 1.54) is 0 Å². The average Bonchev–Trinajstić information content (AvgIpc) is 2.68. The lowest BCUT2D eigenvalue weighted by molar-refractivity contribution is 0.423. The van der Waals surface area contributed by atoms with Crippen molar-refractivity contribution in [2.75, 3.05) is 5.43 Å². The van der Waals surface area contributed by atoms with Crippen LogP contribution in [0.1, 0.15) is 58.2 Å². The van der Waals surface area contributed by atoms with E-state index < -0.39 is 0 Å². The van der Waals surface area contributed by atoms with Crippen molar-refractivity contribution in [1.82, 2.24) is 9.97 Å². The van der Waals surface area contributed by atoms with Gasteiger partial charge in [0.05, 0.1) is 11.9 Å². The number of hydrazone groups is 1. The molecule has 0 spiro atoms. The van der Waals surface area contributed by atoms with Crippen molar-refractivity contribution in [2.45, 2.75) is 52.4 Å². The van der Waals surface area contributed by atoms with Gasteiger partial charge >= 0.3 is 0 Å². The summed E-state index contributed by atoms with van der Waals surface area (Å²) in [5.41, 5.74) is 7.12. The Morgan fingerprint density at radius 3 is 2.07 bits per heavy atom. The second-order valence-corrected chi connectivity index (χ2v) is 9.47. The fourth-order valence-electron chi connectivity index (χ4n) is 3.22. The molecule has 0 aliphatic rings. The molecule has 0 fully saturated rings. The standard InChI is InChI=1S/C25H30N4O/c1-24(2,3)19-14-17(15-20(22(19)30)25(4,5)6)16-27-29-23-26-13-12-21(28-23)18-10-8-7-9-11-18/h7-16,30H,1-6H3,(H,26,28,29)/b27-16-. The molecule has 1 heterocycles. The van der Waals surface area contributed by atoms with E-state index in [1.54, 1.807) is 12.4 Å². The van der Waals surface area contributed by atoms with Crippen LogP contribution in [0.4, 0.5) is 5.95 Å². The Hall–Kier alpha value is -3.21. The van der Waals surface area contributed by atoms with Crippen molar-refractivity contribution in [2.24, 2.45) is 5.10 Å². The van der Waals surface area contributed by atoms with Gasteiger partial charge in [0.2, 0.25) is 5.95 Å². The molecule has 3 aromatic rings. The number of rotatable bonds is 4. The van der Waals surface area contributed by atoms with Crippen LogP contribution in [0.5, 0.6) is 5.75 Å². The predicted octanol–water partition coefficient (Wildman–Crippen LogP) is 5.89. The molecular formula is C25H30N4O. The molecule has 156 valence electrons. The lowest BCUT2D eigenvalue weighted by atomic mass is 9.78. The normalized spacial score (nSPS) is 12.3. The molecule has 2 N–H and O–H groups in total. The van der Waals surface area contributed by atoms with E-state index in [-0.39, 0.29) is 10.8 Å². The number of hydrogen-bond acceptors (Lipinski definition) is 5. The van der Waals surface area contributed by atoms with Crippen LogP contribution < -0.4 is 5.43 Å². The first-order valence-electron chi connectivity index (χ1n) is 10.1. The number of phenolic OH excluding ortho intramolecular Hbond substituents is 1. The number of hydrogen-bond donors (Lipinski definition) is 2. The van der Waals surface area contributed by atoms with Gasteiger partial charge in [-0.2, -0.15) is 5.10 Å². The van der Waals surface area contributed by atoms with Crippen LogP contribution in [-0.2, 0) is 10.8 Å². The Morgan fingerprint density at radius 1 is 0.900 bits per heavy atom. The van der Waals surface area contributed by atoms with E-state index in [0.29, 0.717) is 11.7 Å². The van der Waals surface area contributed by atoms with Gasteiger partial charge in [0, 0.05) is 22.9 Å². The van der Waals surface area contributed by atoms with Crippen molar-refractivity contribution < 1.29 is 5.11 Å². The van der Waals surface area contributed by atoms with Gasteiger partial charge in [-0.3, -0.25) is 0 Å². The van der Waals surface area contributed by atoms with Gasteiger partial charge in [0.15, 0.2) is 0 Å². The first-order valence-corrected chi connectivity index (χ1v) is 10.1.